The Kier molecular flexibility index (Phi) is 11.6. The van der Waals surface area contributed by atoms with Gasteiger partial charge in [-0.25, -0.2) is 5.43 Å². The molecule has 210 valence electrons. The molecule has 3 aromatic carbocycles. The van der Waals surface area contributed by atoms with E-state index in [1.807, 2.05) is 6.92 Å². The van der Waals surface area contributed by atoms with E-state index in [4.69, 9.17) is 37.4 Å². The average Bonchev–Trinajstić information content (AvgIpc) is 2.93. The van der Waals surface area contributed by atoms with Crippen molar-refractivity contribution in [3.63, 3.8) is 0 Å². The third-order valence-corrected chi connectivity index (χ3v) is 6.30. The van der Waals surface area contributed by atoms with Crippen molar-refractivity contribution < 1.29 is 28.6 Å². The second-order valence-electron chi connectivity index (χ2n) is 8.03. The standard InChI is InChI=1S/C27H25BrCl2N4O6/c1-3-10-39-19-7-4-17(5-8-19)33-26(36)27(37)34-31-14-16-11-20(28)25(23(12-16)38-2)40-15-24(35)32-18-6-9-21(29)22(30)13-18/h4-9,11-14H,3,10,15H2,1-2H3,(H,32,35)(H,33,36)(H,34,37)/b31-14-. The number of nitrogens with zero attached hydrogens (tertiary/aromatic N) is 1. The molecule has 0 aliphatic rings. The highest BCUT2D eigenvalue weighted by Gasteiger charge is 2.15. The zero-order chi connectivity index (χ0) is 29.1. The Bertz CT molecular complexity index is 1400. The molecule has 13 heteroatoms. The number of ether oxygens (including phenoxy) is 3. The van der Waals surface area contributed by atoms with Crippen LogP contribution in [0.15, 0.2) is 64.2 Å². The van der Waals surface area contributed by atoms with E-state index in [1.165, 1.54) is 19.4 Å². The van der Waals surface area contributed by atoms with E-state index in [0.29, 0.717) is 49.6 Å². The first-order valence-electron chi connectivity index (χ1n) is 11.8. The molecule has 3 rings (SSSR count). The van der Waals surface area contributed by atoms with E-state index in [-0.39, 0.29) is 12.4 Å². The monoisotopic (exact) mass is 650 g/mol. The number of nitrogens with one attached hydrogen (secondary N) is 3. The molecule has 0 aliphatic carbocycles. The fourth-order valence-corrected chi connectivity index (χ4v) is 3.99. The minimum Gasteiger partial charge on any atom is -0.494 e. The Balaban J connectivity index is 1.54. The molecule has 0 saturated carbocycles. The maximum atomic E-state index is 12.3. The van der Waals surface area contributed by atoms with Crippen LogP contribution in [0.3, 0.4) is 0 Å². The maximum absolute atomic E-state index is 12.3. The molecule has 0 fully saturated rings. The Hall–Kier alpha value is -3.80. The van der Waals surface area contributed by atoms with Crippen molar-refractivity contribution in [1.29, 1.82) is 0 Å². The van der Waals surface area contributed by atoms with Crippen LogP contribution in [0.5, 0.6) is 17.2 Å². The van der Waals surface area contributed by atoms with Crippen molar-refractivity contribution >= 4 is 74.4 Å². The van der Waals surface area contributed by atoms with Crippen LogP contribution in [0, 0.1) is 0 Å². The lowest BCUT2D eigenvalue weighted by Gasteiger charge is -2.13. The zero-order valence-electron chi connectivity index (χ0n) is 21.4. The Labute approximate surface area is 249 Å². The van der Waals surface area contributed by atoms with E-state index < -0.39 is 17.7 Å². The fraction of sp³-hybridized carbons (Fsp3) is 0.185. The van der Waals surface area contributed by atoms with Gasteiger partial charge in [-0.2, -0.15) is 5.10 Å². The number of rotatable bonds is 11. The molecule has 0 atom stereocenters. The van der Waals surface area contributed by atoms with Gasteiger partial charge in [0.15, 0.2) is 18.1 Å². The molecular formula is C27H25BrCl2N4O6. The van der Waals surface area contributed by atoms with Gasteiger partial charge >= 0.3 is 11.8 Å². The number of methoxy groups -OCH3 is 1. The molecule has 0 heterocycles. The number of benzene rings is 3. The smallest absolute Gasteiger partial charge is 0.329 e. The summed E-state index contributed by atoms with van der Waals surface area (Å²) in [5, 5.41) is 9.64. The SMILES string of the molecule is CCCOc1ccc(NC(=O)C(=O)N/N=C\c2cc(Br)c(OCC(=O)Nc3ccc(Cl)c(Cl)c3)c(OC)c2)cc1. The summed E-state index contributed by atoms with van der Waals surface area (Å²) >= 11 is 15.2. The first-order valence-corrected chi connectivity index (χ1v) is 13.4. The van der Waals surface area contributed by atoms with Gasteiger partial charge in [0.1, 0.15) is 5.75 Å². The highest BCUT2D eigenvalue weighted by atomic mass is 79.9. The molecule has 0 bridgehead atoms. The van der Waals surface area contributed by atoms with Crippen molar-refractivity contribution in [2.24, 2.45) is 5.10 Å². The summed E-state index contributed by atoms with van der Waals surface area (Å²) in [6, 6.07) is 14.6. The molecule has 0 unspecified atom stereocenters. The first kappa shape index (κ1) is 30.7. The van der Waals surface area contributed by atoms with Crippen LogP contribution in [-0.4, -0.2) is 44.3 Å². The minimum absolute atomic E-state index is 0.276. The quantitative estimate of drug-likeness (QED) is 0.140. The summed E-state index contributed by atoms with van der Waals surface area (Å²) in [6.07, 6.45) is 2.20. The second kappa shape index (κ2) is 15.1. The average molecular weight is 652 g/mol. The Morgan fingerprint density at radius 2 is 1.65 bits per heavy atom. The normalized spacial score (nSPS) is 10.6. The summed E-state index contributed by atoms with van der Waals surface area (Å²) < 4.78 is 17.0. The van der Waals surface area contributed by atoms with Gasteiger partial charge in [0.2, 0.25) is 0 Å². The molecule has 0 aliphatic heterocycles. The van der Waals surface area contributed by atoms with Crippen LogP contribution in [0.25, 0.3) is 0 Å². The van der Waals surface area contributed by atoms with Gasteiger partial charge < -0.3 is 24.8 Å². The van der Waals surface area contributed by atoms with Crippen LogP contribution < -0.4 is 30.3 Å². The van der Waals surface area contributed by atoms with Gasteiger partial charge in [-0.15, -0.1) is 0 Å². The van der Waals surface area contributed by atoms with E-state index >= 15 is 0 Å². The number of anilines is 2. The lowest BCUT2D eigenvalue weighted by Crippen LogP contribution is -2.32. The number of carbonyl (C=O) groups is 3. The summed E-state index contributed by atoms with van der Waals surface area (Å²) in [6.45, 7) is 2.27. The largest absolute Gasteiger partial charge is 0.494 e. The molecule has 3 N–H and O–H groups in total. The number of hydrogen-bond donors (Lipinski definition) is 3. The second-order valence-corrected chi connectivity index (χ2v) is 9.69. The molecule has 3 aromatic rings. The summed E-state index contributed by atoms with van der Waals surface area (Å²) in [5.41, 5.74) is 3.58. The van der Waals surface area contributed by atoms with Gasteiger partial charge in [-0.1, -0.05) is 30.1 Å². The van der Waals surface area contributed by atoms with E-state index in [0.717, 1.165) is 6.42 Å². The van der Waals surface area contributed by atoms with Crippen LogP contribution in [-0.2, 0) is 14.4 Å². The van der Waals surface area contributed by atoms with Gasteiger partial charge in [-0.05, 0) is 82.5 Å². The van der Waals surface area contributed by atoms with Crippen LogP contribution in [0.2, 0.25) is 10.0 Å². The molecule has 10 nitrogen and oxygen atoms in total. The molecule has 0 saturated heterocycles. The lowest BCUT2D eigenvalue weighted by molar-refractivity contribution is -0.136. The summed E-state index contributed by atoms with van der Waals surface area (Å²) in [4.78, 5) is 36.6. The lowest BCUT2D eigenvalue weighted by atomic mass is 10.2. The van der Waals surface area contributed by atoms with Crippen LogP contribution >= 0.6 is 39.1 Å². The summed E-state index contributed by atoms with van der Waals surface area (Å²) in [5.74, 6) is -1.03. The third kappa shape index (κ3) is 9.15. The van der Waals surface area contributed by atoms with Crippen LogP contribution in [0.4, 0.5) is 11.4 Å². The molecule has 40 heavy (non-hydrogen) atoms. The zero-order valence-corrected chi connectivity index (χ0v) is 24.5. The Morgan fingerprint density at radius 1 is 0.925 bits per heavy atom. The Morgan fingerprint density at radius 3 is 2.33 bits per heavy atom. The molecule has 0 aromatic heterocycles. The van der Waals surface area contributed by atoms with E-state index in [9.17, 15) is 14.4 Å². The van der Waals surface area contributed by atoms with E-state index in [1.54, 1.807) is 48.5 Å². The molecular weight excluding hydrogens is 627 g/mol. The van der Waals surface area contributed by atoms with Crippen molar-refractivity contribution in [1.82, 2.24) is 5.43 Å². The van der Waals surface area contributed by atoms with Crippen molar-refractivity contribution in [3.8, 4) is 17.2 Å². The van der Waals surface area contributed by atoms with Gasteiger partial charge in [0.25, 0.3) is 5.91 Å². The fourth-order valence-electron chi connectivity index (χ4n) is 3.12. The van der Waals surface area contributed by atoms with Gasteiger partial charge in [0, 0.05) is 11.4 Å². The molecule has 0 radical (unpaired) electrons. The number of hydrogen-bond acceptors (Lipinski definition) is 7. The molecule has 3 amide bonds. The maximum Gasteiger partial charge on any atom is 0.329 e. The predicted octanol–water partition coefficient (Wildman–Crippen LogP) is 5.66. The number of amides is 3. The predicted molar refractivity (Wildman–Crippen MR) is 158 cm³/mol. The third-order valence-electron chi connectivity index (χ3n) is 4.97. The highest BCUT2D eigenvalue weighted by molar-refractivity contribution is 9.10. The van der Waals surface area contributed by atoms with Crippen molar-refractivity contribution in [3.05, 3.63) is 74.7 Å². The summed E-state index contributed by atoms with van der Waals surface area (Å²) in [7, 11) is 1.43. The van der Waals surface area contributed by atoms with Gasteiger partial charge in [0.05, 0.1) is 34.4 Å². The first-order chi connectivity index (χ1) is 19.2. The van der Waals surface area contributed by atoms with Crippen LogP contribution in [0.1, 0.15) is 18.9 Å². The minimum atomic E-state index is -0.957. The van der Waals surface area contributed by atoms with Gasteiger partial charge in [-0.3, -0.25) is 14.4 Å². The number of halogens is 3. The number of hydrazone groups is 1. The molecule has 0 spiro atoms. The van der Waals surface area contributed by atoms with Crippen molar-refractivity contribution in [2.45, 2.75) is 13.3 Å². The van der Waals surface area contributed by atoms with E-state index in [2.05, 4.69) is 37.1 Å². The topological polar surface area (TPSA) is 127 Å². The van der Waals surface area contributed by atoms with Crippen molar-refractivity contribution in [2.75, 3.05) is 31.0 Å². The highest BCUT2D eigenvalue weighted by Crippen LogP contribution is 2.36. The number of carbonyl (C=O) groups excluding carboxylic acids is 3.